The van der Waals surface area contributed by atoms with Gasteiger partial charge >= 0.3 is 6.09 Å². The number of likely N-dealkylation sites (N-methyl/N-ethyl adjacent to an activating group) is 7. The fraction of sp³-hybridized carbons (Fsp3) is 0.797. The van der Waals surface area contributed by atoms with E-state index in [0.717, 1.165) is 14.7 Å². The van der Waals surface area contributed by atoms with Crippen LogP contribution in [0.5, 0.6) is 0 Å². The molecule has 0 aromatic carbocycles. The van der Waals surface area contributed by atoms with Crippen molar-refractivity contribution < 1.29 is 72.1 Å². The molecule has 6 N–H and O–H groups in total. The Morgan fingerprint density at radius 3 is 1.39 bits per heavy atom. The molecule has 1 heterocycles. The molecule has 0 bridgehead atoms. The zero-order valence-electron chi connectivity index (χ0n) is 63.1. The Hall–Kier alpha value is -6.90. The molecule has 550 valence electrons. The van der Waals surface area contributed by atoms with Crippen molar-refractivity contribution in [2.75, 3.05) is 62.5 Å². The third-order valence-corrected chi connectivity index (χ3v) is 17.2. The van der Waals surface area contributed by atoms with E-state index in [0.29, 0.717) is 0 Å². The second kappa shape index (κ2) is 39.5. The lowest BCUT2D eigenvalue weighted by atomic mass is 9.91. The summed E-state index contributed by atoms with van der Waals surface area (Å²) in [7, 11) is 9.60. The number of alkyl carbamates (subject to hydrolysis) is 1. The van der Waals surface area contributed by atoms with Crippen LogP contribution in [0.25, 0.3) is 0 Å². The molecule has 2 unspecified atom stereocenters. The van der Waals surface area contributed by atoms with Gasteiger partial charge in [-0.25, -0.2) is 4.79 Å². The van der Waals surface area contributed by atoms with Gasteiger partial charge in [0.15, 0.2) is 0 Å². The van der Waals surface area contributed by atoms with Crippen LogP contribution in [-0.4, -0.2) is 251 Å². The summed E-state index contributed by atoms with van der Waals surface area (Å²) in [5.74, 6) is -11.1. The highest BCUT2D eigenvalue weighted by Crippen LogP contribution is 2.26. The average Bonchev–Trinajstić information content (AvgIpc) is 0.820. The highest BCUT2D eigenvalue weighted by molar-refractivity contribution is 6.00. The van der Waals surface area contributed by atoms with Crippen molar-refractivity contribution in [2.24, 2.45) is 41.4 Å². The van der Waals surface area contributed by atoms with E-state index in [1.807, 2.05) is 55.4 Å². The van der Waals surface area contributed by atoms with Gasteiger partial charge in [-0.2, -0.15) is 0 Å². The number of carbonyl (C=O) groups is 12. The number of allylic oxidation sites excluding steroid dienone is 2. The van der Waals surface area contributed by atoms with Crippen molar-refractivity contribution in [3.8, 4) is 0 Å². The summed E-state index contributed by atoms with van der Waals surface area (Å²) in [5, 5.41) is 25.8. The lowest BCUT2D eigenvalue weighted by Crippen LogP contribution is -2.64. The number of ether oxygens (including phenoxy) is 2. The fourth-order valence-electron chi connectivity index (χ4n) is 11.5. The smallest absolute Gasteiger partial charge is 0.407 e. The maximum atomic E-state index is 15.4. The summed E-state index contributed by atoms with van der Waals surface area (Å²) in [5.41, 5.74) is -0.867. The lowest BCUT2D eigenvalue weighted by Gasteiger charge is -2.41. The van der Waals surface area contributed by atoms with Crippen LogP contribution in [0.2, 0.25) is 0 Å². The van der Waals surface area contributed by atoms with E-state index >= 15 is 28.8 Å². The summed E-state index contributed by atoms with van der Waals surface area (Å²) >= 11 is 0. The first-order chi connectivity index (χ1) is 44.2. The van der Waals surface area contributed by atoms with Crippen LogP contribution in [0.3, 0.4) is 0 Å². The molecule has 1 rings (SSSR count). The van der Waals surface area contributed by atoms with Gasteiger partial charge in [0.25, 0.3) is 5.91 Å². The molecular weight excluding hydrogens is 1240 g/mol. The van der Waals surface area contributed by atoms with Crippen molar-refractivity contribution >= 4 is 71.1 Å². The summed E-state index contributed by atoms with van der Waals surface area (Å²) in [6, 6.07) is -13.2. The second-order valence-electron chi connectivity index (χ2n) is 29.4. The van der Waals surface area contributed by atoms with Crippen LogP contribution in [0.15, 0.2) is 12.2 Å². The van der Waals surface area contributed by atoms with Crippen LogP contribution < -0.4 is 26.6 Å². The number of aliphatic hydroxyl groups excluding tert-OH is 1. The van der Waals surface area contributed by atoms with Gasteiger partial charge in [0, 0.05) is 55.9 Å². The first-order valence-electron chi connectivity index (χ1n) is 34.2. The van der Waals surface area contributed by atoms with Gasteiger partial charge in [-0.05, 0) is 121 Å². The highest BCUT2D eigenvalue weighted by atomic mass is 16.6. The molecule has 0 aromatic rings. The lowest BCUT2D eigenvalue weighted by molar-refractivity contribution is -0.168. The minimum atomic E-state index is -1.85. The monoisotopic (exact) mass is 1360 g/mol. The van der Waals surface area contributed by atoms with Gasteiger partial charge in [0.05, 0.1) is 12.7 Å². The third kappa shape index (κ3) is 25.5. The number of carbonyl (C=O) groups excluding carboxylic acids is 12. The number of aliphatic hydroxyl groups is 1. The van der Waals surface area contributed by atoms with Crippen molar-refractivity contribution in [1.29, 1.82) is 0 Å². The van der Waals surface area contributed by atoms with Gasteiger partial charge in [0.1, 0.15) is 66.0 Å². The minimum Gasteiger partial charge on any atom is -0.444 e. The minimum absolute atomic E-state index is 0.0240. The average molecular weight is 1360 g/mol. The normalized spacial score (nSPS) is 26.0. The number of hydrogen-bond acceptors (Lipinski definition) is 15. The van der Waals surface area contributed by atoms with Crippen molar-refractivity contribution in [2.45, 2.75) is 255 Å². The van der Waals surface area contributed by atoms with Gasteiger partial charge in [-0.15, -0.1) is 0 Å². The predicted molar refractivity (Wildman–Crippen MR) is 368 cm³/mol. The van der Waals surface area contributed by atoms with E-state index in [2.05, 4.69) is 26.6 Å². The summed E-state index contributed by atoms with van der Waals surface area (Å²) in [6.45, 7) is 33.8. The number of amides is 12. The van der Waals surface area contributed by atoms with E-state index < -0.39 is 174 Å². The van der Waals surface area contributed by atoms with Crippen LogP contribution >= 0.6 is 0 Å². The summed E-state index contributed by atoms with van der Waals surface area (Å²) in [4.78, 5) is 185. The number of hydrogen-bond donors (Lipinski definition) is 6. The van der Waals surface area contributed by atoms with E-state index in [1.165, 1.54) is 82.8 Å². The number of rotatable bonds is 19. The Bertz CT molecular complexity index is 2660. The van der Waals surface area contributed by atoms with E-state index in [9.17, 15) is 33.9 Å². The number of nitrogens with one attached hydrogen (secondary N) is 5. The SMILES string of the molecule is C/C=C/C[C@@H](C)[C@@H](O)C1C(=O)N[C@@H](CC)C(=O)N(C)C(OCCNC(=O)OC(C)(C)C)C(=O)N(C)[C@@H](CC(C)C)C(=O)N[C@@H](C(C)C)C(=O)N(C)[C@@H](CC(C)C)C(=O)N[C@@H](C)C(=O)N[C@H](C)C(=O)N(C)[C@@H](CC(C)C)C(=O)N(C)[C@@H](CC(C)C)C(=O)N(C)[C@@H](C(C)C)C(=O)N1C. The van der Waals surface area contributed by atoms with E-state index in [1.54, 1.807) is 81.4 Å². The van der Waals surface area contributed by atoms with Gasteiger partial charge in [0.2, 0.25) is 65.3 Å². The first-order valence-corrected chi connectivity index (χ1v) is 34.2. The van der Waals surface area contributed by atoms with E-state index in [4.69, 9.17) is 9.47 Å². The van der Waals surface area contributed by atoms with Crippen LogP contribution in [0.4, 0.5) is 4.79 Å². The van der Waals surface area contributed by atoms with Crippen molar-refractivity contribution in [1.82, 2.24) is 60.9 Å². The third-order valence-electron chi connectivity index (χ3n) is 17.2. The Morgan fingerprint density at radius 2 is 0.938 bits per heavy atom. The molecular formula is C69H124N12O15. The van der Waals surface area contributed by atoms with Crippen molar-refractivity contribution in [3.05, 3.63) is 12.2 Å². The van der Waals surface area contributed by atoms with Gasteiger partial charge in [-0.3, -0.25) is 52.7 Å². The van der Waals surface area contributed by atoms with Gasteiger partial charge in [-0.1, -0.05) is 109 Å². The molecule has 1 fully saturated rings. The Labute approximate surface area is 573 Å². The molecule has 27 heteroatoms. The fourth-order valence-corrected chi connectivity index (χ4v) is 11.5. The molecule has 0 saturated carbocycles. The largest absolute Gasteiger partial charge is 0.444 e. The molecule has 0 aliphatic carbocycles. The van der Waals surface area contributed by atoms with Crippen LogP contribution in [0, 0.1) is 41.4 Å². The molecule has 12 amide bonds. The van der Waals surface area contributed by atoms with Crippen molar-refractivity contribution in [3.63, 3.8) is 0 Å². The Balaban J connectivity index is 4.56. The van der Waals surface area contributed by atoms with Crippen LogP contribution in [-0.2, 0) is 62.2 Å². The molecule has 96 heavy (non-hydrogen) atoms. The predicted octanol–water partition coefficient (Wildman–Crippen LogP) is 4.14. The first kappa shape index (κ1) is 87.1. The standard InChI is InChI=1S/C69H124N12O15/c1-28-30-31-44(15)55(82)54-59(86)73-47(29-2)61(88)81(27)67(95-33-32-70-68(94)96-69(18,19)20)66(93)76(22)49(35-39(5)6)58(85)74-52(42(11)12)64(91)75(21)48(34-38(3)4)57(84)71-45(16)56(83)72-46(17)60(87)77(23)50(36-40(7)8)62(89)78(24)51(37-41(9)10)63(90)79(25)53(43(13)14)65(92)80(54)26/h28,30,38-55,67,82H,29,31-37H2,1-27H3,(H,70,94)(H,71,84)(H,72,83)(H,73,86)(H,74,85)/b30-28+/t44-,45+,46-,47+,48+,49+,50+,51+,52+,53+,54?,55-,67?/m1/s1. The molecule has 1 saturated heterocycles. The molecule has 27 nitrogen and oxygen atoms in total. The zero-order chi connectivity index (χ0) is 74.5. The molecule has 13 atom stereocenters. The quantitative estimate of drug-likeness (QED) is 0.0782. The number of nitrogens with zero attached hydrogens (tertiary/aromatic N) is 7. The second-order valence-corrected chi connectivity index (χ2v) is 29.4. The van der Waals surface area contributed by atoms with Gasteiger partial charge < -0.3 is 75.5 Å². The van der Waals surface area contributed by atoms with E-state index in [-0.39, 0.29) is 68.7 Å². The highest BCUT2D eigenvalue weighted by Gasteiger charge is 2.47. The molecule has 1 aliphatic heterocycles. The van der Waals surface area contributed by atoms with Crippen LogP contribution in [0.1, 0.15) is 177 Å². The zero-order valence-corrected chi connectivity index (χ0v) is 63.1. The summed E-state index contributed by atoms with van der Waals surface area (Å²) in [6.07, 6.45) is -0.162. The molecule has 0 spiro atoms. The maximum absolute atomic E-state index is 15.4. The topological polar surface area (TPSA) is 326 Å². The maximum Gasteiger partial charge on any atom is 0.407 e. The summed E-state index contributed by atoms with van der Waals surface area (Å²) < 4.78 is 11.6. The molecule has 0 aromatic heterocycles. The molecule has 1 aliphatic rings. The Kier molecular flexibility index (Phi) is 35.8. The Morgan fingerprint density at radius 1 is 0.510 bits per heavy atom. The molecule has 0 radical (unpaired) electrons.